The van der Waals surface area contributed by atoms with E-state index in [1.165, 1.54) is 29.4 Å². The van der Waals surface area contributed by atoms with Gasteiger partial charge in [0, 0.05) is 34.1 Å². The Morgan fingerprint density at radius 3 is 1.29 bits per heavy atom. The molecule has 9 rings (SSSR count). The predicted molar refractivity (Wildman–Crippen MR) is 264 cm³/mol. The van der Waals surface area contributed by atoms with Crippen molar-refractivity contribution in [2.75, 3.05) is 24.0 Å². The lowest BCUT2D eigenvalue weighted by Gasteiger charge is -2.30. The molecule has 0 spiro atoms. The van der Waals surface area contributed by atoms with Crippen LogP contribution < -0.4 is 19.3 Å². The first-order valence-corrected chi connectivity index (χ1v) is 22.2. The highest BCUT2D eigenvalue weighted by Gasteiger charge is 2.39. The number of rotatable bonds is 12. The van der Waals surface area contributed by atoms with Crippen LogP contribution in [0.4, 0.5) is 60.5 Å². The Balaban J connectivity index is 1.02. The number of alkyl halides is 6. The number of hydrogen-bond acceptors (Lipinski definition) is 4. The van der Waals surface area contributed by atoms with E-state index in [1.54, 1.807) is 32.4 Å². The summed E-state index contributed by atoms with van der Waals surface area (Å²) >= 11 is 0. The van der Waals surface area contributed by atoms with Gasteiger partial charge in [-0.3, -0.25) is 0 Å². The molecule has 68 heavy (non-hydrogen) atoms. The first-order chi connectivity index (χ1) is 32.9. The van der Waals surface area contributed by atoms with Crippen molar-refractivity contribution in [3.63, 3.8) is 0 Å². The topological polar surface area (TPSA) is 24.9 Å². The molecule has 0 saturated heterocycles. The fraction of sp³-hybridized carbons (Fsp3) is 0.138. The Labute approximate surface area is 391 Å². The average molecular weight is 917 g/mol. The van der Waals surface area contributed by atoms with Crippen LogP contribution in [-0.4, -0.2) is 14.2 Å². The molecule has 8 aromatic carbocycles. The second-order valence-electron chi connectivity index (χ2n) is 16.5. The minimum atomic E-state index is -4.96. The number of hydrogen-bond donors (Lipinski definition) is 0. The molecule has 0 saturated carbocycles. The smallest absolute Gasteiger partial charge is 0.417 e. The number of para-hydroxylation sites is 1. The number of benzene rings is 8. The number of halogens is 6. The molecular weight excluding hydrogens is 871 g/mol. The van der Waals surface area contributed by atoms with Gasteiger partial charge < -0.3 is 19.3 Å². The van der Waals surface area contributed by atoms with E-state index in [1.807, 2.05) is 120 Å². The Kier molecular flexibility index (Phi) is 12.9. The molecule has 8 aromatic rings. The molecule has 0 amide bonds. The maximum absolute atomic E-state index is 15.0. The summed E-state index contributed by atoms with van der Waals surface area (Å²) < 4.78 is 101. The van der Waals surface area contributed by atoms with E-state index in [9.17, 15) is 13.2 Å². The first-order valence-electron chi connectivity index (χ1n) is 22.2. The van der Waals surface area contributed by atoms with Gasteiger partial charge in [0.2, 0.25) is 0 Å². The monoisotopic (exact) mass is 916 g/mol. The third kappa shape index (κ3) is 9.58. The van der Waals surface area contributed by atoms with Crippen molar-refractivity contribution >= 4 is 69.2 Å². The fourth-order valence-electron chi connectivity index (χ4n) is 9.08. The molecule has 0 atom stereocenters. The van der Waals surface area contributed by atoms with Gasteiger partial charge in [-0.15, -0.1) is 0 Å². The van der Waals surface area contributed by atoms with E-state index in [4.69, 9.17) is 9.47 Å². The molecule has 10 heteroatoms. The van der Waals surface area contributed by atoms with Gasteiger partial charge in [0.15, 0.2) is 0 Å². The van der Waals surface area contributed by atoms with E-state index in [0.29, 0.717) is 16.9 Å². The molecule has 0 aliphatic heterocycles. The standard InChI is InChI=1S/C58H46F6N2O2/c1-67-49-33-29-46(30-34-49)65(44-11-4-3-5-12-44)45-25-17-39(18-26-45)15-21-42-23-37-53-52(55(42)57(59,60)61)38-24-43(56(53)58(62,63)64)22-16-40-19-27-47(28-20-40)66(48-31-35-50(68-2)36-32-48)54-14-8-10-41-9-6-7-13-51(41)54/h3-5,8,10-12,14-38H,6-7,9,13H2,1-2H3. The lowest BCUT2D eigenvalue weighted by atomic mass is 9.90. The second kappa shape index (κ2) is 19.2. The first kappa shape index (κ1) is 45.4. The molecule has 342 valence electrons. The molecule has 4 nitrogen and oxygen atoms in total. The maximum Gasteiger partial charge on any atom is 0.417 e. The molecule has 1 aliphatic carbocycles. The summed E-state index contributed by atoms with van der Waals surface area (Å²) in [5.74, 6) is 1.42. The summed E-state index contributed by atoms with van der Waals surface area (Å²) in [6.07, 6.45) is -0.0653. The van der Waals surface area contributed by atoms with Crippen molar-refractivity contribution < 1.29 is 35.8 Å². The summed E-state index contributed by atoms with van der Waals surface area (Å²) in [4.78, 5) is 4.20. The Morgan fingerprint density at radius 1 is 0.412 bits per heavy atom. The second-order valence-corrected chi connectivity index (χ2v) is 16.5. The van der Waals surface area contributed by atoms with Gasteiger partial charge in [-0.1, -0.05) is 103 Å². The van der Waals surface area contributed by atoms with Crippen LogP contribution in [-0.2, 0) is 25.2 Å². The average Bonchev–Trinajstić information content (AvgIpc) is 3.35. The predicted octanol–water partition coefficient (Wildman–Crippen LogP) is 17.1. The molecule has 0 N–H and O–H groups in total. The Bertz CT molecular complexity index is 3090. The van der Waals surface area contributed by atoms with Gasteiger partial charge >= 0.3 is 12.4 Å². The number of fused-ring (bicyclic) bond motifs is 2. The van der Waals surface area contributed by atoms with Gasteiger partial charge in [-0.25, -0.2) is 0 Å². The van der Waals surface area contributed by atoms with Crippen LogP contribution in [0, 0.1) is 0 Å². The summed E-state index contributed by atoms with van der Waals surface area (Å²) in [7, 11) is 3.21. The summed E-state index contributed by atoms with van der Waals surface area (Å²) in [6, 6.07) is 50.6. The molecule has 0 unspecified atom stereocenters. The van der Waals surface area contributed by atoms with Crippen molar-refractivity contribution in [2.45, 2.75) is 38.0 Å². The van der Waals surface area contributed by atoms with Crippen LogP contribution in [0.1, 0.15) is 57.3 Å². The number of anilines is 6. The third-order valence-corrected chi connectivity index (χ3v) is 12.3. The molecule has 0 fully saturated rings. The van der Waals surface area contributed by atoms with Crippen LogP contribution in [0.25, 0.3) is 35.1 Å². The zero-order chi connectivity index (χ0) is 47.4. The lowest BCUT2D eigenvalue weighted by Crippen LogP contribution is -2.15. The Morgan fingerprint density at radius 2 is 0.838 bits per heavy atom. The minimum Gasteiger partial charge on any atom is -0.497 e. The van der Waals surface area contributed by atoms with Crippen LogP contribution in [0.3, 0.4) is 0 Å². The highest BCUT2D eigenvalue weighted by atomic mass is 19.4. The van der Waals surface area contributed by atoms with Crippen molar-refractivity contribution in [3.8, 4) is 11.5 Å². The van der Waals surface area contributed by atoms with Crippen LogP contribution in [0.2, 0.25) is 0 Å². The molecule has 1 aliphatic rings. The number of ether oxygens (including phenoxy) is 2. The molecule has 0 bridgehead atoms. The molecule has 0 heterocycles. The molecular formula is C58H46F6N2O2. The number of aryl methyl sites for hydroxylation is 1. The summed E-state index contributed by atoms with van der Waals surface area (Å²) in [5, 5.41) is -1.08. The van der Waals surface area contributed by atoms with E-state index < -0.39 is 34.3 Å². The van der Waals surface area contributed by atoms with Crippen molar-refractivity contribution in [3.05, 3.63) is 214 Å². The maximum atomic E-state index is 15.0. The number of nitrogens with zero attached hydrogens (tertiary/aromatic N) is 2. The van der Waals surface area contributed by atoms with Crippen molar-refractivity contribution in [2.24, 2.45) is 0 Å². The SMILES string of the molecule is COc1ccc(N(c2ccccc2)c2ccc(C=Cc3ccc4c(C(F)(F)F)c(C=Cc5ccc(N(c6ccc(OC)cc6)c6cccc7c6CCCC7)cc5)ccc4c3C(F)(F)F)cc2)cc1. The normalized spacial score (nSPS) is 12.9. The van der Waals surface area contributed by atoms with Crippen molar-refractivity contribution in [1.82, 2.24) is 0 Å². The third-order valence-electron chi connectivity index (χ3n) is 12.3. The largest absolute Gasteiger partial charge is 0.497 e. The van der Waals surface area contributed by atoms with E-state index in [-0.39, 0.29) is 11.1 Å². The van der Waals surface area contributed by atoms with Gasteiger partial charge in [0.25, 0.3) is 0 Å². The lowest BCUT2D eigenvalue weighted by molar-refractivity contribution is -0.138. The number of methoxy groups -OCH3 is 2. The van der Waals surface area contributed by atoms with Gasteiger partial charge in [0.05, 0.1) is 25.3 Å². The highest BCUT2D eigenvalue weighted by Crippen LogP contribution is 2.45. The van der Waals surface area contributed by atoms with E-state index in [2.05, 4.69) is 23.1 Å². The summed E-state index contributed by atoms with van der Waals surface area (Å²) in [6.45, 7) is 0. The highest BCUT2D eigenvalue weighted by molar-refractivity contribution is 5.96. The van der Waals surface area contributed by atoms with Crippen molar-refractivity contribution in [1.29, 1.82) is 0 Å². The molecule has 0 aromatic heterocycles. The van der Waals surface area contributed by atoms with Crippen LogP contribution in [0.5, 0.6) is 11.5 Å². The zero-order valence-electron chi connectivity index (χ0n) is 37.3. The summed E-state index contributed by atoms with van der Waals surface area (Å²) in [5.41, 5.74) is 6.43. The van der Waals surface area contributed by atoms with E-state index >= 15 is 13.2 Å². The zero-order valence-corrected chi connectivity index (χ0v) is 37.3. The van der Waals surface area contributed by atoms with Crippen LogP contribution >= 0.6 is 0 Å². The van der Waals surface area contributed by atoms with Crippen LogP contribution in [0.15, 0.2) is 170 Å². The van der Waals surface area contributed by atoms with Gasteiger partial charge in [0.1, 0.15) is 11.5 Å². The Hall–Kier alpha value is -7.72. The molecule has 0 radical (unpaired) electrons. The van der Waals surface area contributed by atoms with Gasteiger partial charge in [-0.05, 0) is 161 Å². The minimum absolute atomic E-state index is 0.249. The van der Waals surface area contributed by atoms with Gasteiger partial charge in [-0.2, -0.15) is 26.3 Å². The fourth-order valence-corrected chi connectivity index (χ4v) is 9.08. The van der Waals surface area contributed by atoms with E-state index in [0.717, 1.165) is 89.8 Å². The quantitative estimate of drug-likeness (QED) is 0.0901.